The van der Waals surface area contributed by atoms with Gasteiger partial charge in [0.05, 0.1) is 25.3 Å². The Balaban J connectivity index is 2.10. The van der Waals surface area contributed by atoms with Crippen LogP contribution in [0.2, 0.25) is 5.02 Å². The molecule has 8 nitrogen and oxygen atoms in total. The lowest BCUT2D eigenvalue weighted by Gasteiger charge is -2.23. The molecular weight excluding hydrogens is 440 g/mol. The van der Waals surface area contributed by atoms with Gasteiger partial charge in [0.25, 0.3) is 5.91 Å². The Morgan fingerprint density at radius 3 is 2.35 bits per heavy atom. The first-order chi connectivity index (χ1) is 14.7. The molecule has 0 aliphatic rings. The highest BCUT2D eigenvalue weighted by molar-refractivity contribution is 7.92. The first-order valence-corrected chi connectivity index (χ1v) is 11.9. The van der Waals surface area contributed by atoms with Crippen molar-refractivity contribution < 1.29 is 17.9 Å². The van der Waals surface area contributed by atoms with E-state index in [9.17, 15) is 13.2 Å². The lowest BCUT2D eigenvalue weighted by atomic mass is 10.2. The van der Waals surface area contributed by atoms with Gasteiger partial charge in [-0.2, -0.15) is 5.10 Å². The van der Waals surface area contributed by atoms with E-state index in [1.165, 1.54) is 25.5 Å². The molecule has 2 aromatic carbocycles. The fourth-order valence-electron chi connectivity index (χ4n) is 2.94. The topological polar surface area (TPSA) is 91.3 Å². The molecule has 31 heavy (non-hydrogen) atoms. The monoisotopic (exact) mass is 466 g/mol. The molecule has 0 saturated carbocycles. The van der Waals surface area contributed by atoms with Gasteiger partial charge in [-0.05, 0) is 49.7 Å². The number of carbonyl (C=O) groups excluding carboxylic acids is 1. The van der Waals surface area contributed by atoms with Crippen molar-refractivity contribution in [3.8, 4) is 5.75 Å². The summed E-state index contributed by atoms with van der Waals surface area (Å²) in [6.45, 7) is 5.52. The second kappa shape index (κ2) is 11.0. The third-order valence-corrected chi connectivity index (χ3v) is 5.88. The number of anilines is 2. The minimum atomic E-state index is -3.78. The lowest BCUT2D eigenvalue weighted by Crippen LogP contribution is -2.39. The number of ether oxygens (including phenoxy) is 1. The minimum absolute atomic E-state index is 0.170. The van der Waals surface area contributed by atoms with Crippen LogP contribution in [-0.4, -0.2) is 53.5 Å². The average molecular weight is 467 g/mol. The van der Waals surface area contributed by atoms with E-state index < -0.39 is 22.5 Å². The number of hydrogen-bond acceptors (Lipinski definition) is 6. The number of sulfonamides is 1. The summed E-state index contributed by atoms with van der Waals surface area (Å²) in [6.07, 6.45) is 2.50. The highest BCUT2D eigenvalue weighted by Crippen LogP contribution is 2.32. The molecule has 0 atom stereocenters. The molecule has 0 spiro atoms. The van der Waals surface area contributed by atoms with Crippen molar-refractivity contribution in [3.05, 3.63) is 53.1 Å². The maximum atomic E-state index is 12.4. The summed E-state index contributed by atoms with van der Waals surface area (Å²) in [7, 11) is -2.37. The van der Waals surface area contributed by atoms with Gasteiger partial charge in [0.1, 0.15) is 12.3 Å². The van der Waals surface area contributed by atoms with Gasteiger partial charge in [-0.1, -0.05) is 23.7 Å². The van der Waals surface area contributed by atoms with E-state index in [4.69, 9.17) is 16.3 Å². The predicted octanol–water partition coefficient (Wildman–Crippen LogP) is 3.11. The highest BCUT2D eigenvalue weighted by atomic mass is 35.5. The Hall–Kier alpha value is -2.78. The molecule has 1 N–H and O–H groups in total. The molecule has 0 aromatic heterocycles. The summed E-state index contributed by atoms with van der Waals surface area (Å²) in [5.74, 6) is -0.331. The van der Waals surface area contributed by atoms with Gasteiger partial charge in [-0.15, -0.1) is 0 Å². The molecule has 0 heterocycles. The van der Waals surface area contributed by atoms with Crippen LogP contribution in [0.5, 0.6) is 5.75 Å². The Labute approximate surface area is 188 Å². The van der Waals surface area contributed by atoms with Crippen molar-refractivity contribution in [2.45, 2.75) is 13.8 Å². The fourth-order valence-corrected chi connectivity index (χ4v) is 3.96. The van der Waals surface area contributed by atoms with Crippen LogP contribution in [0.3, 0.4) is 0 Å². The van der Waals surface area contributed by atoms with E-state index in [2.05, 4.69) is 29.3 Å². The zero-order valence-electron chi connectivity index (χ0n) is 18.0. The van der Waals surface area contributed by atoms with E-state index in [1.54, 1.807) is 6.07 Å². The minimum Gasteiger partial charge on any atom is -0.495 e. The number of halogens is 1. The molecule has 1 amide bonds. The summed E-state index contributed by atoms with van der Waals surface area (Å²) >= 11 is 6.00. The Bertz CT molecular complexity index is 1020. The van der Waals surface area contributed by atoms with Gasteiger partial charge in [0.15, 0.2) is 0 Å². The van der Waals surface area contributed by atoms with Gasteiger partial charge in [-0.25, -0.2) is 13.8 Å². The Morgan fingerprint density at radius 1 is 1.16 bits per heavy atom. The van der Waals surface area contributed by atoms with Crippen molar-refractivity contribution in [2.75, 3.05) is 42.2 Å². The van der Waals surface area contributed by atoms with E-state index in [0.717, 1.165) is 34.9 Å². The van der Waals surface area contributed by atoms with Crippen molar-refractivity contribution >= 4 is 45.1 Å². The van der Waals surface area contributed by atoms with Crippen LogP contribution in [0.1, 0.15) is 19.4 Å². The average Bonchev–Trinajstić information content (AvgIpc) is 2.73. The van der Waals surface area contributed by atoms with E-state index in [0.29, 0.717) is 5.02 Å². The molecule has 0 aliphatic carbocycles. The van der Waals surface area contributed by atoms with Crippen LogP contribution in [0.4, 0.5) is 11.4 Å². The number of nitrogens with one attached hydrogen (secondary N) is 1. The van der Waals surface area contributed by atoms with Crippen LogP contribution >= 0.6 is 11.6 Å². The third-order valence-electron chi connectivity index (χ3n) is 4.52. The number of nitrogens with zero attached hydrogens (tertiary/aromatic N) is 3. The third kappa shape index (κ3) is 6.86. The van der Waals surface area contributed by atoms with Gasteiger partial charge in [-0.3, -0.25) is 9.10 Å². The smallest absolute Gasteiger partial charge is 0.260 e. The molecule has 10 heteroatoms. The first-order valence-electron chi connectivity index (χ1n) is 9.67. The molecule has 0 unspecified atom stereocenters. The van der Waals surface area contributed by atoms with Crippen LogP contribution in [-0.2, 0) is 14.8 Å². The van der Waals surface area contributed by atoms with E-state index in [-0.39, 0.29) is 11.4 Å². The number of hydrazone groups is 1. The SMILES string of the molecule is CCN(CC)c1ccc(/C=N\NC(=O)CN(c2cc(Cl)ccc2OC)S(C)(=O)=O)cc1. The van der Waals surface area contributed by atoms with Crippen LogP contribution < -0.4 is 19.4 Å². The van der Waals surface area contributed by atoms with Gasteiger partial charge in [0, 0.05) is 23.8 Å². The van der Waals surface area contributed by atoms with Crippen LogP contribution in [0.25, 0.3) is 0 Å². The summed E-state index contributed by atoms with van der Waals surface area (Å²) in [5, 5.41) is 4.24. The number of hydrogen-bond donors (Lipinski definition) is 1. The van der Waals surface area contributed by atoms with Crippen LogP contribution in [0.15, 0.2) is 47.6 Å². The van der Waals surface area contributed by atoms with Gasteiger partial charge >= 0.3 is 0 Å². The number of rotatable bonds is 10. The summed E-state index contributed by atoms with van der Waals surface area (Å²) in [4.78, 5) is 14.6. The van der Waals surface area contributed by atoms with Crippen molar-refractivity contribution in [1.29, 1.82) is 0 Å². The lowest BCUT2D eigenvalue weighted by molar-refractivity contribution is -0.119. The first kappa shape index (κ1) is 24.5. The molecule has 0 radical (unpaired) electrons. The quantitative estimate of drug-likeness (QED) is 0.429. The Kier molecular flexibility index (Phi) is 8.70. The number of amides is 1. The normalized spacial score (nSPS) is 11.4. The number of benzene rings is 2. The molecule has 0 fully saturated rings. The molecule has 0 bridgehead atoms. The number of methoxy groups -OCH3 is 1. The number of carbonyl (C=O) groups is 1. The van der Waals surface area contributed by atoms with Gasteiger partial charge in [0.2, 0.25) is 10.0 Å². The molecule has 2 rings (SSSR count). The maximum Gasteiger partial charge on any atom is 0.260 e. The molecule has 0 saturated heterocycles. The molecule has 0 aliphatic heterocycles. The molecular formula is C21H27ClN4O4S. The second-order valence-electron chi connectivity index (χ2n) is 6.64. The van der Waals surface area contributed by atoms with E-state index >= 15 is 0 Å². The van der Waals surface area contributed by atoms with Crippen LogP contribution in [0, 0.1) is 0 Å². The predicted molar refractivity (Wildman–Crippen MR) is 126 cm³/mol. The standard InChI is InChI=1S/C21H27ClN4O4S/c1-5-25(6-2)18-10-7-16(8-11-18)14-23-24-21(27)15-26(31(4,28)29)19-13-17(22)9-12-20(19)30-3/h7-14H,5-6,15H2,1-4H3,(H,24,27)/b23-14-. The van der Waals surface area contributed by atoms with Gasteiger partial charge < -0.3 is 9.64 Å². The molecule has 168 valence electrons. The summed E-state index contributed by atoms with van der Waals surface area (Å²) < 4.78 is 30.7. The summed E-state index contributed by atoms with van der Waals surface area (Å²) in [5.41, 5.74) is 4.43. The van der Waals surface area contributed by atoms with E-state index in [1.807, 2.05) is 24.3 Å². The largest absolute Gasteiger partial charge is 0.495 e. The highest BCUT2D eigenvalue weighted by Gasteiger charge is 2.24. The Morgan fingerprint density at radius 2 is 1.81 bits per heavy atom. The van der Waals surface area contributed by atoms with Crippen molar-refractivity contribution in [3.63, 3.8) is 0 Å². The molecule has 2 aromatic rings. The zero-order valence-corrected chi connectivity index (χ0v) is 19.6. The van der Waals surface area contributed by atoms with Crippen molar-refractivity contribution in [1.82, 2.24) is 5.43 Å². The second-order valence-corrected chi connectivity index (χ2v) is 8.99. The fraction of sp³-hybridized carbons (Fsp3) is 0.333. The zero-order chi connectivity index (χ0) is 23.0. The summed E-state index contributed by atoms with van der Waals surface area (Å²) in [6, 6.07) is 12.3. The maximum absolute atomic E-state index is 12.4. The van der Waals surface area contributed by atoms with Crippen molar-refractivity contribution in [2.24, 2.45) is 5.10 Å².